The summed E-state index contributed by atoms with van der Waals surface area (Å²) in [5.41, 5.74) is 0.879. The quantitative estimate of drug-likeness (QED) is 0.615. The monoisotopic (exact) mass is 448 g/mol. The number of hydrogen-bond acceptors (Lipinski definition) is 8. The fraction of sp³-hybridized carbons (Fsp3) is 0.500. The maximum absolute atomic E-state index is 12.7. The van der Waals surface area contributed by atoms with Crippen LogP contribution in [0.5, 0.6) is 0 Å². The molecule has 0 radical (unpaired) electrons. The van der Waals surface area contributed by atoms with Crippen molar-refractivity contribution in [2.45, 2.75) is 33.6 Å². The Balaban J connectivity index is 1.71. The first-order valence-corrected chi connectivity index (χ1v) is 11.3. The second-order valence-corrected chi connectivity index (χ2v) is 8.24. The summed E-state index contributed by atoms with van der Waals surface area (Å²) in [7, 11) is 0. The molecule has 9 heteroatoms. The number of ether oxygens (including phenoxy) is 2. The van der Waals surface area contributed by atoms with Crippen molar-refractivity contribution in [3.63, 3.8) is 0 Å². The molecule has 3 heterocycles. The molecule has 1 atom stereocenters. The zero-order valence-corrected chi connectivity index (χ0v) is 18.9. The van der Waals surface area contributed by atoms with Crippen molar-refractivity contribution < 1.29 is 28.3 Å². The van der Waals surface area contributed by atoms with Crippen LogP contribution in [-0.2, 0) is 19.1 Å². The number of nitrogens with one attached hydrogen (secondary N) is 1. The van der Waals surface area contributed by atoms with E-state index < -0.39 is 5.97 Å². The van der Waals surface area contributed by atoms with Gasteiger partial charge in [-0.15, -0.1) is 11.3 Å². The molecule has 2 aromatic heterocycles. The van der Waals surface area contributed by atoms with E-state index in [0.717, 1.165) is 25.1 Å². The van der Waals surface area contributed by atoms with Crippen molar-refractivity contribution in [2.24, 2.45) is 5.92 Å². The Hall–Kier alpha value is -2.65. The number of anilines is 1. The maximum Gasteiger partial charge on any atom is 0.341 e. The third-order valence-electron chi connectivity index (χ3n) is 5.02. The van der Waals surface area contributed by atoms with E-state index >= 15 is 0 Å². The largest absolute Gasteiger partial charge is 0.466 e. The molecule has 0 aromatic carbocycles. The average molecular weight is 449 g/mol. The number of likely N-dealkylation sites (tertiary alicyclic amines) is 1. The number of carbonyl (C=O) groups is 3. The maximum atomic E-state index is 12.7. The number of esters is 2. The Bertz CT molecular complexity index is 934. The Kier molecular flexibility index (Phi) is 7.86. The Labute approximate surface area is 185 Å². The van der Waals surface area contributed by atoms with Crippen LogP contribution in [0, 0.1) is 12.8 Å². The van der Waals surface area contributed by atoms with Gasteiger partial charge in [-0.3, -0.25) is 14.5 Å². The summed E-state index contributed by atoms with van der Waals surface area (Å²) < 4.78 is 16.0. The summed E-state index contributed by atoms with van der Waals surface area (Å²) in [6.45, 7) is 7.26. The van der Waals surface area contributed by atoms with E-state index in [9.17, 15) is 14.4 Å². The number of rotatable bonds is 8. The smallest absolute Gasteiger partial charge is 0.341 e. The molecule has 1 saturated heterocycles. The van der Waals surface area contributed by atoms with E-state index in [2.05, 4.69) is 5.32 Å². The summed E-state index contributed by atoms with van der Waals surface area (Å²) >= 11 is 1.25. The SMILES string of the molecule is CCOC(=O)c1c(-c2ccc(C)o2)csc1NC(=O)CN1CCC[C@H](C(=O)OCC)C1. The summed E-state index contributed by atoms with van der Waals surface area (Å²) in [5.74, 6) is 0.0805. The van der Waals surface area contributed by atoms with Crippen molar-refractivity contribution >= 4 is 34.2 Å². The molecule has 2 aromatic rings. The Morgan fingerprint density at radius 3 is 2.68 bits per heavy atom. The molecular weight excluding hydrogens is 420 g/mol. The van der Waals surface area contributed by atoms with E-state index in [1.54, 1.807) is 25.3 Å². The van der Waals surface area contributed by atoms with Crippen LogP contribution in [0.4, 0.5) is 5.00 Å². The molecule has 0 saturated carbocycles. The van der Waals surface area contributed by atoms with Gasteiger partial charge in [0.05, 0.1) is 25.7 Å². The van der Waals surface area contributed by atoms with Gasteiger partial charge in [-0.05, 0) is 52.3 Å². The van der Waals surface area contributed by atoms with Crippen LogP contribution in [0.2, 0.25) is 0 Å². The minimum absolute atomic E-state index is 0.130. The van der Waals surface area contributed by atoms with E-state index in [1.807, 2.05) is 17.9 Å². The van der Waals surface area contributed by atoms with Gasteiger partial charge < -0.3 is 19.2 Å². The number of nitrogens with zero attached hydrogens (tertiary/aromatic N) is 1. The number of aryl methyl sites for hydroxylation is 1. The van der Waals surface area contributed by atoms with Gasteiger partial charge in [0.1, 0.15) is 22.1 Å². The van der Waals surface area contributed by atoms with Gasteiger partial charge in [0.25, 0.3) is 0 Å². The molecule has 3 rings (SSSR count). The number of furan rings is 1. The topological polar surface area (TPSA) is 98.1 Å². The van der Waals surface area contributed by atoms with Gasteiger partial charge >= 0.3 is 11.9 Å². The van der Waals surface area contributed by atoms with Crippen LogP contribution in [0.3, 0.4) is 0 Å². The summed E-state index contributed by atoms with van der Waals surface area (Å²) in [6, 6.07) is 3.60. The molecule has 1 fully saturated rings. The molecule has 1 N–H and O–H groups in total. The van der Waals surface area contributed by atoms with Crippen molar-refractivity contribution in [1.82, 2.24) is 4.90 Å². The second-order valence-electron chi connectivity index (χ2n) is 7.36. The summed E-state index contributed by atoms with van der Waals surface area (Å²) in [4.78, 5) is 39.3. The highest BCUT2D eigenvalue weighted by Gasteiger charge is 2.29. The van der Waals surface area contributed by atoms with Crippen LogP contribution in [0.25, 0.3) is 11.3 Å². The van der Waals surface area contributed by atoms with Crippen molar-refractivity contribution in [1.29, 1.82) is 0 Å². The van der Waals surface area contributed by atoms with E-state index in [0.29, 0.717) is 29.5 Å². The molecule has 1 aliphatic rings. The van der Waals surface area contributed by atoms with Crippen LogP contribution in [0.15, 0.2) is 21.9 Å². The number of piperidine rings is 1. The molecule has 0 unspecified atom stereocenters. The van der Waals surface area contributed by atoms with Crippen molar-refractivity contribution in [3.05, 3.63) is 28.8 Å². The molecule has 1 amide bonds. The van der Waals surface area contributed by atoms with Crippen LogP contribution in [-0.4, -0.2) is 55.6 Å². The fourth-order valence-electron chi connectivity index (χ4n) is 3.64. The number of amides is 1. The fourth-order valence-corrected chi connectivity index (χ4v) is 4.59. The van der Waals surface area contributed by atoms with E-state index in [1.165, 1.54) is 11.3 Å². The van der Waals surface area contributed by atoms with Gasteiger partial charge in [0.2, 0.25) is 5.91 Å². The predicted octanol–water partition coefficient (Wildman–Crippen LogP) is 3.71. The first-order chi connectivity index (χ1) is 14.9. The lowest BCUT2D eigenvalue weighted by Crippen LogP contribution is -2.43. The zero-order valence-electron chi connectivity index (χ0n) is 18.1. The van der Waals surface area contributed by atoms with Gasteiger partial charge in [-0.2, -0.15) is 0 Å². The van der Waals surface area contributed by atoms with Gasteiger partial charge in [-0.1, -0.05) is 0 Å². The Morgan fingerprint density at radius 2 is 2.00 bits per heavy atom. The number of hydrogen-bond donors (Lipinski definition) is 1. The summed E-state index contributed by atoms with van der Waals surface area (Å²) in [6.07, 6.45) is 1.59. The lowest BCUT2D eigenvalue weighted by molar-refractivity contribution is -0.150. The minimum atomic E-state index is -0.511. The predicted molar refractivity (Wildman–Crippen MR) is 117 cm³/mol. The van der Waals surface area contributed by atoms with Gasteiger partial charge in [0, 0.05) is 17.5 Å². The third-order valence-corrected chi connectivity index (χ3v) is 5.92. The molecule has 0 spiro atoms. The van der Waals surface area contributed by atoms with Crippen LogP contribution < -0.4 is 5.32 Å². The second kappa shape index (κ2) is 10.6. The first kappa shape index (κ1) is 23.0. The highest BCUT2D eigenvalue weighted by Crippen LogP contribution is 2.37. The summed E-state index contributed by atoms with van der Waals surface area (Å²) in [5, 5.41) is 5.04. The molecular formula is C22H28N2O6S. The lowest BCUT2D eigenvalue weighted by Gasteiger charge is -2.30. The highest BCUT2D eigenvalue weighted by molar-refractivity contribution is 7.15. The third kappa shape index (κ3) is 5.74. The standard InChI is InChI=1S/C22H28N2O6S/c1-4-28-21(26)15-7-6-10-24(11-15)12-18(25)23-20-19(22(27)29-5-2)16(13-31-20)17-9-8-14(3)30-17/h8-9,13,15H,4-7,10-12H2,1-3H3,(H,23,25)/t15-/m0/s1. The zero-order chi connectivity index (χ0) is 22.4. The van der Waals surface area contributed by atoms with Crippen molar-refractivity contribution in [2.75, 3.05) is 38.2 Å². The highest BCUT2D eigenvalue weighted by atomic mass is 32.1. The molecule has 8 nitrogen and oxygen atoms in total. The molecule has 31 heavy (non-hydrogen) atoms. The van der Waals surface area contributed by atoms with E-state index in [4.69, 9.17) is 13.9 Å². The van der Waals surface area contributed by atoms with Crippen LogP contribution in [0.1, 0.15) is 42.8 Å². The van der Waals surface area contributed by atoms with Crippen molar-refractivity contribution in [3.8, 4) is 11.3 Å². The Morgan fingerprint density at radius 1 is 1.23 bits per heavy atom. The van der Waals surface area contributed by atoms with Gasteiger partial charge in [-0.25, -0.2) is 4.79 Å². The molecule has 0 bridgehead atoms. The molecule has 1 aliphatic heterocycles. The lowest BCUT2D eigenvalue weighted by atomic mass is 9.98. The average Bonchev–Trinajstić information content (AvgIpc) is 3.34. The normalized spacial score (nSPS) is 16.7. The van der Waals surface area contributed by atoms with Crippen LogP contribution >= 0.6 is 11.3 Å². The molecule has 168 valence electrons. The number of thiophene rings is 1. The van der Waals surface area contributed by atoms with Gasteiger partial charge in [0.15, 0.2) is 0 Å². The van der Waals surface area contributed by atoms with E-state index in [-0.39, 0.29) is 36.5 Å². The molecule has 0 aliphatic carbocycles. The first-order valence-electron chi connectivity index (χ1n) is 10.5. The minimum Gasteiger partial charge on any atom is -0.466 e. The number of carbonyl (C=O) groups excluding carboxylic acids is 3.